The fourth-order valence-electron chi connectivity index (χ4n) is 1.02. The van der Waals surface area contributed by atoms with Gasteiger partial charge in [-0.3, -0.25) is 0 Å². The zero-order valence-electron chi connectivity index (χ0n) is 9.47. The Morgan fingerprint density at radius 3 is 2.00 bits per heavy atom. The lowest BCUT2D eigenvalue weighted by Gasteiger charge is -2.21. The van der Waals surface area contributed by atoms with Gasteiger partial charge in [0.1, 0.15) is 5.60 Å². The highest BCUT2D eigenvalue weighted by Gasteiger charge is 2.20. The lowest BCUT2D eigenvalue weighted by atomic mass is 10.0. The van der Waals surface area contributed by atoms with Crippen LogP contribution < -0.4 is 0 Å². The fourth-order valence-corrected chi connectivity index (χ4v) is 1.02. The van der Waals surface area contributed by atoms with E-state index in [0.717, 1.165) is 5.57 Å². The highest BCUT2D eigenvalue weighted by Crippen LogP contribution is 2.16. The van der Waals surface area contributed by atoms with Crippen molar-refractivity contribution in [3.8, 4) is 0 Å². The first kappa shape index (κ1) is 12.2. The van der Waals surface area contributed by atoms with Gasteiger partial charge in [0.05, 0.1) is 0 Å². The first-order valence-electron chi connectivity index (χ1n) is 4.67. The molecule has 0 fully saturated rings. The highest BCUT2D eigenvalue weighted by molar-refractivity contribution is 5.89. The van der Waals surface area contributed by atoms with Crippen molar-refractivity contribution >= 4 is 5.97 Å². The second-order valence-electron chi connectivity index (χ2n) is 4.40. The molecule has 0 aliphatic carbocycles. The van der Waals surface area contributed by atoms with Crippen molar-refractivity contribution in [1.82, 2.24) is 0 Å². The number of ether oxygens (including phenoxy) is 1. The van der Waals surface area contributed by atoms with Crippen molar-refractivity contribution in [2.24, 2.45) is 5.92 Å². The molecule has 2 nitrogen and oxygen atoms in total. The molecule has 2 heteroatoms. The molecule has 0 radical (unpaired) electrons. The van der Waals surface area contributed by atoms with Crippen LogP contribution in [0.4, 0.5) is 0 Å². The van der Waals surface area contributed by atoms with Crippen LogP contribution in [0.3, 0.4) is 0 Å². The van der Waals surface area contributed by atoms with Gasteiger partial charge < -0.3 is 4.74 Å². The number of hydrogen-bond donors (Lipinski definition) is 0. The van der Waals surface area contributed by atoms with E-state index >= 15 is 0 Å². The molecule has 0 heterocycles. The Labute approximate surface area is 81.0 Å². The van der Waals surface area contributed by atoms with Gasteiger partial charge >= 0.3 is 5.97 Å². The van der Waals surface area contributed by atoms with Gasteiger partial charge in [-0.2, -0.15) is 0 Å². The number of carbonyl (C=O) groups excluding carboxylic acids is 1. The summed E-state index contributed by atoms with van der Waals surface area (Å²) in [7, 11) is 0. The Kier molecular flexibility index (Phi) is 4.18. The number of hydrogen-bond acceptors (Lipinski definition) is 2. The summed E-state index contributed by atoms with van der Waals surface area (Å²) in [5.41, 5.74) is 0.343. The van der Waals surface area contributed by atoms with Crippen LogP contribution in [0.2, 0.25) is 0 Å². The van der Waals surface area contributed by atoms with E-state index in [4.69, 9.17) is 4.74 Å². The summed E-state index contributed by atoms with van der Waals surface area (Å²) in [6.45, 7) is 11.5. The Morgan fingerprint density at radius 1 is 1.31 bits per heavy atom. The van der Waals surface area contributed by atoms with Gasteiger partial charge in [0.2, 0.25) is 0 Å². The third kappa shape index (κ3) is 4.71. The molecular formula is C11H20O2. The molecule has 0 amide bonds. The molecule has 0 aliphatic heterocycles. The first-order chi connectivity index (χ1) is 5.78. The molecule has 13 heavy (non-hydrogen) atoms. The maximum atomic E-state index is 11.5. The minimum Gasteiger partial charge on any atom is -0.457 e. The van der Waals surface area contributed by atoms with E-state index in [9.17, 15) is 4.79 Å². The quantitative estimate of drug-likeness (QED) is 0.487. The van der Waals surface area contributed by atoms with E-state index < -0.39 is 5.60 Å². The van der Waals surface area contributed by atoms with E-state index in [1.165, 1.54) is 0 Å². The van der Waals surface area contributed by atoms with E-state index in [0.29, 0.717) is 0 Å². The summed E-state index contributed by atoms with van der Waals surface area (Å²) in [5, 5.41) is 0. The van der Waals surface area contributed by atoms with Gasteiger partial charge in [-0.15, -0.1) is 0 Å². The predicted molar refractivity (Wildman–Crippen MR) is 54.4 cm³/mol. The molecule has 0 saturated carbocycles. The van der Waals surface area contributed by atoms with Crippen LogP contribution in [0.25, 0.3) is 0 Å². The van der Waals surface area contributed by atoms with Crippen LogP contribution in [0.1, 0.15) is 41.5 Å². The molecule has 0 atom stereocenters. The lowest BCUT2D eigenvalue weighted by Crippen LogP contribution is -2.26. The average Bonchev–Trinajstić information content (AvgIpc) is 1.82. The van der Waals surface area contributed by atoms with Gasteiger partial charge in [0.15, 0.2) is 0 Å². The number of allylic oxidation sites excluding steroid dienone is 1. The number of rotatable bonds is 2. The van der Waals surface area contributed by atoms with Gasteiger partial charge in [0.25, 0.3) is 0 Å². The number of carbonyl (C=O) groups is 1. The van der Waals surface area contributed by atoms with Gasteiger partial charge in [0, 0.05) is 5.57 Å². The molecule has 0 rings (SSSR count). The van der Waals surface area contributed by atoms with E-state index in [1.54, 1.807) is 0 Å². The van der Waals surface area contributed by atoms with Crippen LogP contribution in [0.5, 0.6) is 0 Å². The molecule has 0 aromatic heterocycles. The maximum Gasteiger partial charge on any atom is 0.334 e. The monoisotopic (exact) mass is 184 g/mol. The lowest BCUT2D eigenvalue weighted by molar-refractivity contribution is -0.150. The van der Waals surface area contributed by atoms with Crippen molar-refractivity contribution in [2.75, 3.05) is 0 Å². The Hall–Kier alpha value is -0.790. The van der Waals surface area contributed by atoms with Crippen molar-refractivity contribution in [3.05, 3.63) is 11.6 Å². The fraction of sp³-hybridized carbons (Fsp3) is 0.727. The molecule has 0 N–H and O–H groups in total. The summed E-state index contributed by atoms with van der Waals surface area (Å²) in [6.07, 6.45) is 1.82. The third-order valence-electron chi connectivity index (χ3n) is 1.57. The largest absolute Gasteiger partial charge is 0.457 e. The van der Waals surface area contributed by atoms with E-state index in [-0.39, 0.29) is 11.9 Å². The summed E-state index contributed by atoms with van der Waals surface area (Å²) in [6, 6.07) is 0. The molecular weight excluding hydrogens is 164 g/mol. The SMILES string of the molecule is C/C=C(\C(=O)OC(C)(C)C)C(C)C. The van der Waals surface area contributed by atoms with Crippen LogP contribution in [0.15, 0.2) is 11.6 Å². The molecule has 0 aromatic carbocycles. The summed E-state index contributed by atoms with van der Waals surface area (Å²) < 4.78 is 5.24. The highest BCUT2D eigenvalue weighted by atomic mass is 16.6. The zero-order valence-corrected chi connectivity index (χ0v) is 9.47. The maximum absolute atomic E-state index is 11.5. The standard InChI is InChI=1S/C11H20O2/c1-7-9(8(2)3)10(12)13-11(4,5)6/h7-8H,1-6H3/b9-7-. The minimum atomic E-state index is -0.403. The van der Waals surface area contributed by atoms with Gasteiger partial charge in [-0.1, -0.05) is 19.9 Å². The predicted octanol–water partition coefficient (Wildman–Crippen LogP) is 2.93. The van der Waals surface area contributed by atoms with Crippen LogP contribution in [0, 0.1) is 5.92 Å². The van der Waals surface area contributed by atoms with Crippen LogP contribution in [-0.2, 0) is 9.53 Å². The van der Waals surface area contributed by atoms with Crippen LogP contribution in [-0.4, -0.2) is 11.6 Å². The Morgan fingerprint density at radius 2 is 1.77 bits per heavy atom. The average molecular weight is 184 g/mol. The normalized spacial score (nSPS) is 13.3. The molecule has 0 saturated heterocycles. The molecule has 0 aliphatic rings. The van der Waals surface area contributed by atoms with Crippen molar-refractivity contribution in [1.29, 1.82) is 0 Å². The Bertz CT molecular complexity index is 207. The van der Waals surface area contributed by atoms with Crippen molar-refractivity contribution in [2.45, 2.75) is 47.1 Å². The minimum absolute atomic E-state index is 0.204. The zero-order chi connectivity index (χ0) is 10.6. The third-order valence-corrected chi connectivity index (χ3v) is 1.57. The smallest absolute Gasteiger partial charge is 0.334 e. The molecule has 0 bridgehead atoms. The number of esters is 1. The van der Waals surface area contributed by atoms with E-state index in [2.05, 4.69) is 0 Å². The molecule has 76 valence electrons. The Balaban J connectivity index is 4.43. The van der Waals surface area contributed by atoms with Crippen molar-refractivity contribution in [3.63, 3.8) is 0 Å². The molecule has 0 spiro atoms. The van der Waals surface area contributed by atoms with E-state index in [1.807, 2.05) is 47.6 Å². The second kappa shape index (κ2) is 4.45. The first-order valence-corrected chi connectivity index (χ1v) is 4.67. The molecule has 0 aromatic rings. The topological polar surface area (TPSA) is 26.3 Å². The van der Waals surface area contributed by atoms with Crippen LogP contribution >= 0.6 is 0 Å². The van der Waals surface area contributed by atoms with Gasteiger partial charge in [-0.25, -0.2) is 4.79 Å². The summed E-state index contributed by atoms with van der Waals surface area (Å²) in [4.78, 5) is 11.5. The van der Waals surface area contributed by atoms with Gasteiger partial charge in [-0.05, 0) is 33.6 Å². The van der Waals surface area contributed by atoms with Crippen molar-refractivity contribution < 1.29 is 9.53 Å². The second-order valence-corrected chi connectivity index (χ2v) is 4.40. The molecule has 0 unspecified atom stereocenters. The summed E-state index contributed by atoms with van der Waals surface area (Å²) >= 11 is 0. The summed E-state index contributed by atoms with van der Waals surface area (Å²) in [5.74, 6) is 0.0184.